The minimum absolute atomic E-state index is 0.0234. The number of carbonyl (C=O) groups is 1. The number of H-pyrrole nitrogens is 1. The van der Waals surface area contributed by atoms with Crippen molar-refractivity contribution < 1.29 is 4.79 Å². The van der Waals surface area contributed by atoms with Crippen LogP contribution < -0.4 is 0 Å². The molecule has 2 heterocycles. The van der Waals surface area contributed by atoms with E-state index < -0.39 is 0 Å². The number of carbonyl (C=O) groups excluding carboxylic acids is 1. The monoisotopic (exact) mass is 352 g/mol. The predicted octanol–water partition coefficient (Wildman–Crippen LogP) is 5.47. The fourth-order valence-corrected chi connectivity index (χ4v) is 4.27. The summed E-state index contributed by atoms with van der Waals surface area (Å²) in [6.45, 7) is 2.11. The molecule has 0 unspecified atom stereocenters. The van der Waals surface area contributed by atoms with Crippen molar-refractivity contribution in [3.8, 4) is 0 Å². The summed E-state index contributed by atoms with van der Waals surface area (Å²) in [5.41, 5.74) is 5.26. The molecule has 3 heteroatoms. The minimum Gasteiger partial charge on any atom is -0.361 e. The number of amides is 1. The molecule has 1 aliphatic heterocycles. The largest absolute Gasteiger partial charge is 0.361 e. The van der Waals surface area contributed by atoms with Crippen LogP contribution in [0.5, 0.6) is 0 Å². The number of aromatic amines is 1. The van der Waals surface area contributed by atoms with Gasteiger partial charge in [-0.15, -0.1) is 0 Å². The molecular weight excluding hydrogens is 332 g/mol. The fraction of sp³-hybridized carbons (Fsp3) is 0.125. The van der Waals surface area contributed by atoms with E-state index in [1.807, 2.05) is 53.4 Å². The SMILES string of the molecule is C[C@@H](c1ccccc1)N1C(=O)c2ccccc2[C@@H]1c1c[nH]c2ccccc12. The standard InChI is InChI=1S/C24H20N2O/c1-16(17-9-3-2-4-10-17)26-23(19-12-5-6-13-20(19)24(26)27)21-15-25-22-14-8-7-11-18(21)22/h2-16,23,25H,1H3/t16-,23+/m0/s1. The van der Waals surface area contributed by atoms with Crippen molar-refractivity contribution in [1.82, 2.24) is 9.88 Å². The zero-order chi connectivity index (χ0) is 18.4. The summed E-state index contributed by atoms with van der Waals surface area (Å²) in [5, 5.41) is 1.16. The van der Waals surface area contributed by atoms with Gasteiger partial charge in [0, 0.05) is 28.2 Å². The molecule has 2 atom stereocenters. The summed E-state index contributed by atoms with van der Waals surface area (Å²) < 4.78 is 0. The number of aromatic nitrogens is 1. The van der Waals surface area contributed by atoms with Crippen molar-refractivity contribution in [2.75, 3.05) is 0 Å². The number of para-hydroxylation sites is 1. The fourth-order valence-electron chi connectivity index (χ4n) is 4.27. The van der Waals surface area contributed by atoms with Crippen LogP contribution in [0.1, 0.15) is 46.1 Å². The van der Waals surface area contributed by atoms with Gasteiger partial charge in [-0.2, -0.15) is 0 Å². The van der Waals surface area contributed by atoms with Gasteiger partial charge >= 0.3 is 0 Å². The molecule has 0 saturated heterocycles. The number of nitrogens with zero attached hydrogens (tertiary/aromatic N) is 1. The first-order valence-electron chi connectivity index (χ1n) is 9.28. The van der Waals surface area contributed by atoms with E-state index in [4.69, 9.17) is 0 Å². The third kappa shape index (κ3) is 2.39. The first-order valence-corrected chi connectivity index (χ1v) is 9.28. The highest BCUT2D eigenvalue weighted by atomic mass is 16.2. The molecule has 3 nitrogen and oxygen atoms in total. The van der Waals surface area contributed by atoms with Gasteiger partial charge in [0.1, 0.15) is 0 Å². The summed E-state index contributed by atoms with van der Waals surface area (Å²) >= 11 is 0. The Labute approximate surface area is 158 Å². The summed E-state index contributed by atoms with van der Waals surface area (Å²) in [6, 6.07) is 26.4. The minimum atomic E-state index is -0.0972. The van der Waals surface area contributed by atoms with Crippen LogP contribution in [0, 0.1) is 0 Å². The number of hydrogen-bond acceptors (Lipinski definition) is 1. The van der Waals surface area contributed by atoms with Gasteiger partial charge in [-0.05, 0) is 30.2 Å². The van der Waals surface area contributed by atoms with Gasteiger partial charge in [-0.1, -0.05) is 66.7 Å². The van der Waals surface area contributed by atoms with Gasteiger partial charge in [0.2, 0.25) is 0 Å². The van der Waals surface area contributed by atoms with Gasteiger partial charge in [-0.3, -0.25) is 4.79 Å². The Balaban J connectivity index is 1.71. The van der Waals surface area contributed by atoms with E-state index in [-0.39, 0.29) is 18.0 Å². The second kappa shape index (κ2) is 6.13. The molecule has 1 N–H and O–H groups in total. The highest BCUT2D eigenvalue weighted by molar-refractivity contribution is 6.01. The number of nitrogens with one attached hydrogen (secondary N) is 1. The third-order valence-corrected chi connectivity index (χ3v) is 5.61. The smallest absolute Gasteiger partial charge is 0.255 e. The molecule has 1 aliphatic rings. The van der Waals surface area contributed by atoms with E-state index in [1.165, 1.54) is 0 Å². The number of fused-ring (bicyclic) bond motifs is 2. The van der Waals surface area contributed by atoms with Crippen molar-refractivity contribution in [1.29, 1.82) is 0 Å². The van der Waals surface area contributed by atoms with Crippen LogP contribution >= 0.6 is 0 Å². The van der Waals surface area contributed by atoms with E-state index in [1.54, 1.807) is 0 Å². The zero-order valence-corrected chi connectivity index (χ0v) is 15.1. The molecule has 0 fully saturated rings. The van der Waals surface area contributed by atoms with Crippen molar-refractivity contribution in [2.24, 2.45) is 0 Å². The second-order valence-electron chi connectivity index (χ2n) is 7.08. The van der Waals surface area contributed by atoms with Crippen LogP contribution in [0.15, 0.2) is 85.1 Å². The lowest BCUT2D eigenvalue weighted by Gasteiger charge is -2.31. The molecular formula is C24H20N2O. The Kier molecular flexibility index (Phi) is 3.61. The van der Waals surface area contributed by atoms with Crippen LogP contribution in [-0.2, 0) is 0 Å². The maximum atomic E-state index is 13.4. The van der Waals surface area contributed by atoms with E-state index in [9.17, 15) is 4.79 Å². The van der Waals surface area contributed by atoms with Crippen molar-refractivity contribution in [3.05, 3.63) is 107 Å². The van der Waals surface area contributed by atoms with Crippen LogP contribution in [0.4, 0.5) is 0 Å². The van der Waals surface area contributed by atoms with Crippen LogP contribution in [0.25, 0.3) is 10.9 Å². The predicted molar refractivity (Wildman–Crippen MR) is 108 cm³/mol. The Morgan fingerprint density at radius 2 is 1.56 bits per heavy atom. The number of benzene rings is 3. The molecule has 1 amide bonds. The van der Waals surface area contributed by atoms with Gasteiger partial charge in [0.25, 0.3) is 5.91 Å². The third-order valence-electron chi connectivity index (χ3n) is 5.61. The lowest BCUT2D eigenvalue weighted by molar-refractivity contribution is 0.0677. The van der Waals surface area contributed by atoms with Gasteiger partial charge in [0.15, 0.2) is 0 Å². The van der Waals surface area contributed by atoms with Crippen LogP contribution in [0.2, 0.25) is 0 Å². The highest BCUT2D eigenvalue weighted by Gasteiger charge is 2.41. The highest BCUT2D eigenvalue weighted by Crippen LogP contribution is 2.45. The van der Waals surface area contributed by atoms with E-state index in [2.05, 4.69) is 48.4 Å². The molecule has 5 rings (SSSR count). The molecule has 132 valence electrons. The van der Waals surface area contributed by atoms with Crippen molar-refractivity contribution in [2.45, 2.75) is 19.0 Å². The van der Waals surface area contributed by atoms with Crippen LogP contribution in [-0.4, -0.2) is 15.8 Å². The number of rotatable bonds is 3. The maximum absolute atomic E-state index is 13.4. The molecule has 0 aliphatic carbocycles. The summed E-state index contributed by atoms with van der Waals surface area (Å²) in [7, 11) is 0. The van der Waals surface area contributed by atoms with E-state index >= 15 is 0 Å². The molecule has 0 spiro atoms. The lowest BCUT2D eigenvalue weighted by Crippen LogP contribution is -2.31. The summed E-state index contributed by atoms with van der Waals surface area (Å²) in [4.78, 5) is 18.8. The first-order chi connectivity index (χ1) is 13.3. The molecule has 27 heavy (non-hydrogen) atoms. The Hall–Kier alpha value is -3.33. The normalized spacial score (nSPS) is 17.3. The number of hydrogen-bond donors (Lipinski definition) is 1. The van der Waals surface area contributed by atoms with Crippen molar-refractivity contribution in [3.63, 3.8) is 0 Å². The first kappa shape index (κ1) is 15.9. The second-order valence-corrected chi connectivity index (χ2v) is 7.08. The average molecular weight is 352 g/mol. The summed E-state index contributed by atoms with van der Waals surface area (Å²) in [6.07, 6.45) is 2.05. The lowest BCUT2D eigenvalue weighted by atomic mass is 9.96. The topological polar surface area (TPSA) is 36.1 Å². The molecule has 1 aromatic heterocycles. The van der Waals surface area contributed by atoms with E-state index in [0.29, 0.717) is 0 Å². The molecule has 0 radical (unpaired) electrons. The zero-order valence-electron chi connectivity index (χ0n) is 15.1. The average Bonchev–Trinajstić information content (AvgIpc) is 3.27. The Morgan fingerprint density at radius 1 is 0.852 bits per heavy atom. The van der Waals surface area contributed by atoms with Crippen LogP contribution in [0.3, 0.4) is 0 Å². The molecule has 3 aromatic carbocycles. The van der Waals surface area contributed by atoms with Gasteiger partial charge in [0.05, 0.1) is 12.1 Å². The van der Waals surface area contributed by atoms with E-state index in [0.717, 1.165) is 33.2 Å². The molecule has 0 bridgehead atoms. The van der Waals surface area contributed by atoms with Gasteiger partial charge in [-0.25, -0.2) is 0 Å². The quantitative estimate of drug-likeness (QED) is 0.521. The molecule has 0 saturated carbocycles. The maximum Gasteiger partial charge on any atom is 0.255 e. The summed E-state index contributed by atoms with van der Waals surface area (Å²) in [5.74, 6) is 0.0947. The molecule has 4 aromatic rings. The Bertz CT molecular complexity index is 1130. The van der Waals surface area contributed by atoms with Crippen molar-refractivity contribution >= 4 is 16.8 Å². The Morgan fingerprint density at radius 3 is 2.41 bits per heavy atom. The van der Waals surface area contributed by atoms with Gasteiger partial charge < -0.3 is 9.88 Å².